The van der Waals surface area contributed by atoms with Crippen LogP contribution in [0.3, 0.4) is 0 Å². The number of rotatable bonds is 9. The molecule has 3 rings (SSSR count). The van der Waals surface area contributed by atoms with Crippen LogP contribution in [0.2, 0.25) is 0 Å². The second-order valence-corrected chi connectivity index (χ2v) is 6.11. The van der Waals surface area contributed by atoms with E-state index in [-0.39, 0.29) is 11.5 Å². The fraction of sp³-hybridized carbons (Fsp3) is 0.273. The SMILES string of the molecule is CCOc1cc(-c2nc(CCC(=O)c3ccccc3OCC)co2)ccc1O. The van der Waals surface area contributed by atoms with Gasteiger partial charge in [0.2, 0.25) is 5.89 Å². The zero-order valence-corrected chi connectivity index (χ0v) is 16.0. The number of aromatic nitrogens is 1. The topological polar surface area (TPSA) is 81.8 Å². The Kier molecular flexibility index (Phi) is 6.32. The zero-order chi connectivity index (χ0) is 19.9. The number of ether oxygens (including phenoxy) is 2. The van der Waals surface area contributed by atoms with Crippen molar-refractivity contribution in [1.82, 2.24) is 4.98 Å². The van der Waals surface area contributed by atoms with Crippen LogP contribution < -0.4 is 9.47 Å². The molecule has 1 aromatic heterocycles. The summed E-state index contributed by atoms with van der Waals surface area (Å²) in [7, 11) is 0. The second kappa shape index (κ2) is 9.08. The molecule has 6 heteroatoms. The second-order valence-electron chi connectivity index (χ2n) is 6.11. The van der Waals surface area contributed by atoms with Gasteiger partial charge in [-0.3, -0.25) is 4.79 Å². The van der Waals surface area contributed by atoms with Crippen LogP contribution in [0.15, 0.2) is 53.1 Å². The van der Waals surface area contributed by atoms with Crippen molar-refractivity contribution in [3.63, 3.8) is 0 Å². The van der Waals surface area contributed by atoms with Gasteiger partial charge in [0.15, 0.2) is 17.3 Å². The molecule has 0 amide bonds. The molecule has 2 aromatic carbocycles. The van der Waals surface area contributed by atoms with E-state index in [2.05, 4.69) is 4.98 Å². The van der Waals surface area contributed by atoms with Crippen molar-refractivity contribution in [1.29, 1.82) is 0 Å². The molecular formula is C22H23NO5. The molecule has 0 fully saturated rings. The number of para-hydroxylation sites is 1. The van der Waals surface area contributed by atoms with Crippen molar-refractivity contribution in [3.8, 4) is 28.7 Å². The number of aryl methyl sites for hydroxylation is 1. The number of Topliss-reactive ketones (excluding diaryl/α,β-unsaturated/α-hetero) is 1. The molecule has 6 nitrogen and oxygen atoms in total. The minimum atomic E-state index is -0.00290. The van der Waals surface area contributed by atoms with E-state index in [1.54, 1.807) is 36.6 Å². The predicted octanol–water partition coefficient (Wildman–Crippen LogP) is 4.66. The lowest BCUT2D eigenvalue weighted by atomic mass is 10.0. The Bertz CT molecular complexity index is 948. The number of oxazole rings is 1. The van der Waals surface area contributed by atoms with Crippen molar-refractivity contribution in [2.45, 2.75) is 26.7 Å². The van der Waals surface area contributed by atoms with Gasteiger partial charge in [-0.25, -0.2) is 4.98 Å². The monoisotopic (exact) mass is 381 g/mol. The standard InChI is InChI=1S/C22H23NO5/c1-3-26-20-8-6-5-7-17(20)18(24)12-10-16-14-28-22(23-16)15-9-11-19(25)21(13-15)27-4-2/h5-9,11,13-14,25H,3-4,10,12H2,1-2H3. The summed E-state index contributed by atoms with van der Waals surface area (Å²) in [6.07, 6.45) is 2.30. The molecule has 28 heavy (non-hydrogen) atoms. The molecule has 0 aliphatic carbocycles. The van der Waals surface area contributed by atoms with Crippen molar-refractivity contribution in [2.75, 3.05) is 13.2 Å². The summed E-state index contributed by atoms with van der Waals surface area (Å²) >= 11 is 0. The van der Waals surface area contributed by atoms with Crippen LogP contribution in [-0.4, -0.2) is 29.1 Å². The number of ketones is 1. The Morgan fingerprint density at radius 3 is 2.61 bits per heavy atom. The lowest BCUT2D eigenvalue weighted by molar-refractivity contribution is 0.0979. The Balaban J connectivity index is 1.69. The van der Waals surface area contributed by atoms with E-state index in [0.29, 0.717) is 60.3 Å². The van der Waals surface area contributed by atoms with Gasteiger partial charge in [0, 0.05) is 18.4 Å². The number of benzene rings is 2. The number of hydrogen-bond acceptors (Lipinski definition) is 6. The summed E-state index contributed by atoms with van der Waals surface area (Å²) in [4.78, 5) is 17.0. The highest BCUT2D eigenvalue weighted by Gasteiger charge is 2.15. The van der Waals surface area contributed by atoms with Gasteiger partial charge in [0.1, 0.15) is 12.0 Å². The zero-order valence-electron chi connectivity index (χ0n) is 16.0. The van der Waals surface area contributed by atoms with Crippen LogP contribution in [0.4, 0.5) is 0 Å². The quantitative estimate of drug-likeness (QED) is 0.543. The maximum atomic E-state index is 12.6. The summed E-state index contributed by atoms with van der Waals surface area (Å²) < 4.78 is 16.5. The smallest absolute Gasteiger partial charge is 0.226 e. The fourth-order valence-corrected chi connectivity index (χ4v) is 2.83. The molecule has 0 radical (unpaired) electrons. The molecule has 1 N–H and O–H groups in total. The first kappa shape index (κ1) is 19.5. The first-order valence-electron chi connectivity index (χ1n) is 9.28. The molecule has 0 saturated carbocycles. The van der Waals surface area contributed by atoms with Crippen LogP contribution in [0, 0.1) is 0 Å². The van der Waals surface area contributed by atoms with Crippen LogP contribution >= 0.6 is 0 Å². The Morgan fingerprint density at radius 2 is 1.82 bits per heavy atom. The molecule has 146 valence electrons. The van der Waals surface area contributed by atoms with Crippen molar-refractivity contribution < 1.29 is 23.8 Å². The third-order valence-electron chi connectivity index (χ3n) is 4.15. The Morgan fingerprint density at radius 1 is 1.07 bits per heavy atom. The molecule has 0 saturated heterocycles. The Hall–Kier alpha value is -3.28. The average molecular weight is 381 g/mol. The predicted molar refractivity (Wildman–Crippen MR) is 105 cm³/mol. The average Bonchev–Trinajstić information content (AvgIpc) is 3.18. The number of nitrogens with zero attached hydrogens (tertiary/aromatic N) is 1. The van der Waals surface area contributed by atoms with Gasteiger partial charge in [0.25, 0.3) is 0 Å². The number of carbonyl (C=O) groups is 1. The normalized spacial score (nSPS) is 10.6. The molecule has 3 aromatic rings. The summed E-state index contributed by atoms with van der Waals surface area (Å²) in [6, 6.07) is 12.2. The number of carbonyl (C=O) groups excluding carboxylic acids is 1. The fourth-order valence-electron chi connectivity index (χ4n) is 2.83. The van der Waals surface area contributed by atoms with E-state index in [9.17, 15) is 9.90 Å². The Labute approximate surface area is 163 Å². The van der Waals surface area contributed by atoms with E-state index < -0.39 is 0 Å². The number of phenols is 1. The summed E-state index contributed by atoms with van der Waals surface area (Å²) in [6.45, 7) is 4.68. The third kappa shape index (κ3) is 4.52. The molecule has 0 spiro atoms. The molecule has 0 aliphatic rings. The third-order valence-corrected chi connectivity index (χ3v) is 4.15. The van der Waals surface area contributed by atoms with E-state index >= 15 is 0 Å². The highest BCUT2D eigenvalue weighted by Crippen LogP contribution is 2.31. The molecule has 0 bridgehead atoms. The van der Waals surface area contributed by atoms with Gasteiger partial charge in [-0.1, -0.05) is 12.1 Å². The van der Waals surface area contributed by atoms with Crippen molar-refractivity contribution in [2.24, 2.45) is 0 Å². The van der Waals surface area contributed by atoms with Gasteiger partial charge in [-0.05, 0) is 44.2 Å². The molecular weight excluding hydrogens is 358 g/mol. The first-order valence-corrected chi connectivity index (χ1v) is 9.28. The maximum absolute atomic E-state index is 12.6. The van der Waals surface area contributed by atoms with Gasteiger partial charge in [-0.15, -0.1) is 0 Å². The van der Waals surface area contributed by atoms with E-state index in [1.807, 2.05) is 26.0 Å². The number of hydrogen-bond donors (Lipinski definition) is 1. The van der Waals surface area contributed by atoms with Crippen molar-refractivity contribution >= 4 is 5.78 Å². The number of phenolic OH excluding ortho intramolecular Hbond substituents is 1. The molecule has 0 aliphatic heterocycles. The van der Waals surface area contributed by atoms with Crippen molar-refractivity contribution in [3.05, 3.63) is 60.0 Å². The highest BCUT2D eigenvalue weighted by molar-refractivity contribution is 5.98. The van der Waals surface area contributed by atoms with Gasteiger partial charge in [-0.2, -0.15) is 0 Å². The largest absolute Gasteiger partial charge is 0.504 e. The minimum absolute atomic E-state index is 0.00290. The summed E-state index contributed by atoms with van der Waals surface area (Å²) in [5.41, 5.74) is 1.96. The van der Waals surface area contributed by atoms with Crippen LogP contribution in [0.1, 0.15) is 36.3 Å². The first-order chi connectivity index (χ1) is 13.6. The van der Waals surface area contributed by atoms with Crippen LogP contribution in [-0.2, 0) is 6.42 Å². The molecule has 0 atom stereocenters. The van der Waals surface area contributed by atoms with E-state index in [1.165, 1.54) is 0 Å². The molecule has 1 heterocycles. The molecule has 0 unspecified atom stereocenters. The number of aromatic hydroxyl groups is 1. The lowest BCUT2D eigenvalue weighted by Crippen LogP contribution is -2.05. The van der Waals surface area contributed by atoms with Crippen LogP contribution in [0.5, 0.6) is 17.2 Å². The lowest BCUT2D eigenvalue weighted by Gasteiger charge is -2.08. The minimum Gasteiger partial charge on any atom is -0.504 e. The summed E-state index contributed by atoms with van der Waals surface area (Å²) in [5.74, 6) is 1.46. The highest BCUT2D eigenvalue weighted by atomic mass is 16.5. The van der Waals surface area contributed by atoms with E-state index in [4.69, 9.17) is 13.9 Å². The van der Waals surface area contributed by atoms with Crippen LogP contribution in [0.25, 0.3) is 11.5 Å². The van der Waals surface area contributed by atoms with E-state index in [0.717, 1.165) is 0 Å². The van der Waals surface area contributed by atoms with Gasteiger partial charge < -0.3 is 19.0 Å². The van der Waals surface area contributed by atoms with Gasteiger partial charge >= 0.3 is 0 Å². The summed E-state index contributed by atoms with van der Waals surface area (Å²) in [5, 5.41) is 9.81. The van der Waals surface area contributed by atoms with Gasteiger partial charge in [0.05, 0.1) is 24.5 Å². The maximum Gasteiger partial charge on any atom is 0.226 e.